The van der Waals surface area contributed by atoms with E-state index in [4.69, 9.17) is 9.47 Å². The number of halogens is 2. The Hall–Kier alpha value is -2.88. The molecular weight excluding hydrogens is 382 g/mol. The summed E-state index contributed by atoms with van der Waals surface area (Å²) in [4.78, 5) is 12.7. The molecule has 2 rings (SSSR count). The Kier molecular flexibility index (Phi) is 5.89. The maximum atomic E-state index is 13.4. The molecule has 7 nitrogen and oxygen atoms in total. The Morgan fingerprint density at radius 2 is 1.63 bits per heavy atom. The molecule has 1 amide bonds. The van der Waals surface area contributed by atoms with Gasteiger partial charge in [-0.25, -0.2) is 17.2 Å². The van der Waals surface area contributed by atoms with Gasteiger partial charge in [0.2, 0.25) is 10.0 Å². The van der Waals surface area contributed by atoms with Crippen molar-refractivity contribution < 1.29 is 31.5 Å². The van der Waals surface area contributed by atoms with Crippen LogP contribution in [0.15, 0.2) is 30.3 Å². The molecule has 1 N–H and O–H groups in total. The van der Waals surface area contributed by atoms with Crippen LogP contribution in [0.3, 0.4) is 0 Å². The van der Waals surface area contributed by atoms with Crippen molar-refractivity contribution in [2.24, 2.45) is 0 Å². The highest BCUT2D eigenvalue weighted by Gasteiger charge is 2.23. The molecule has 0 unspecified atom stereocenters. The number of hydrogen-bond acceptors (Lipinski definition) is 5. The van der Waals surface area contributed by atoms with E-state index in [-0.39, 0.29) is 28.4 Å². The highest BCUT2D eigenvalue weighted by molar-refractivity contribution is 7.92. The fourth-order valence-corrected chi connectivity index (χ4v) is 2.77. The first-order chi connectivity index (χ1) is 12.6. The molecule has 2 aromatic carbocycles. The van der Waals surface area contributed by atoms with Gasteiger partial charge in [0.15, 0.2) is 23.1 Å². The van der Waals surface area contributed by atoms with E-state index in [1.165, 1.54) is 39.5 Å². The molecular formula is C17H18F2N2O5S. The fraction of sp³-hybridized carbons (Fsp3) is 0.235. The number of anilines is 2. The Balaban J connectivity index is 2.54. The number of carbonyl (C=O) groups excluding carboxylic acids is 1. The molecule has 0 aliphatic rings. The molecule has 0 heterocycles. The quantitative estimate of drug-likeness (QED) is 0.806. The fourth-order valence-electron chi connectivity index (χ4n) is 2.26. The van der Waals surface area contributed by atoms with Gasteiger partial charge in [0.1, 0.15) is 0 Å². The van der Waals surface area contributed by atoms with Gasteiger partial charge in [-0.2, -0.15) is 0 Å². The number of ether oxygens (including phenoxy) is 2. The van der Waals surface area contributed by atoms with Crippen molar-refractivity contribution in [1.82, 2.24) is 0 Å². The van der Waals surface area contributed by atoms with Crippen molar-refractivity contribution >= 4 is 27.3 Å². The minimum Gasteiger partial charge on any atom is -0.493 e. The first kappa shape index (κ1) is 20.4. The number of benzene rings is 2. The first-order valence-electron chi connectivity index (χ1n) is 7.54. The molecule has 0 saturated heterocycles. The van der Waals surface area contributed by atoms with Crippen molar-refractivity contribution in [1.29, 1.82) is 0 Å². The number of sulfonamides is 1. The Morgan fingerprint density at radius 3 is 2.15 bits per heavy atom. The highest BCUT2D eigenvalue weighted by atomic mass is 32.2. The molecule has 0 spiro atoms. The predicted molar refractivity (Wildman–Crippen MR) is 97.1 cm³/mol. The molecule has 0 aromatic heterocycles. The molecule has 0 aliphatic carbocycles. The van der Waals surface area contributed by atoms with E-state index in [0.717, 1.165) is 22.7 Å². The smallest absolute Gasteiger partial charge is 0.257 e. The second-order valence-electron chi connectivity index (χ2n) is 5.54. The van der Waals surface area contributed by atoms with Crippen LogP contribution in [0.4, 0.5) is 20.2 Å². The monoisotopic (exact) mass is 400 g/mol. The predicted octanol–water partition coefficient (Wildman–Crippen LogP) is 2.63. The minimum absolute atomic E-state index is 0.00152. The molecule has 27 heavy (non-hydrogen) atoms. The van der Waals surface area contributed by atoms with Gasteiger partial charge in [-0.3, -0.25) is 9.10 Å². The van der Waals surface area contributed by atoms with Crippen molar-refractivity contribution in [2.45, 2.75) is 0 Å². The third-order valence-electron chi connectivity index (χ3n) is 3.76. The van der Waals surface area contributed by atoms with Crippen LogP contribution in [0.2, 0.25) is 0 Å². The summed E-state index contributed by atoms with van der Waals surface area (Å²) in [5.74, 6) is -2.52. The van der Waals surface area contributed by atoms with Crippen LogP contribution in [0.1, 0.15) is 10.4 Å². The van der Waals surface area contributed by atoms with E-state index in [0.29, 0.717) is 0 Å². The number of rotatable bonds is 6. The molecule has 10 heteroatoms. The number of hydrogen-bond donors (Lipinski definition) is 1. The number of amides is 1. The summed E-state index contributed by atoms with van der Waals surface area (Å²) in [6.07, 6.45) is 0.973. The van der Waals surface area contributed by atoms with E-state index >= 15 is 0 Å². The van der Waals surface area contributed by atoms with Crippen LogP contribution >= 0.6 is 0 Å². The van der Waals surface area contributed by atoms with Gasteiger partial charge >= 0.3 is 0 Å². The molecule has 146 valence electrons. The second-order valence-corrected chi connectivity index (χ2v) is 7.55. The minimum atomic E-state index is -3.69. The van der Waals surface area contributed by atoms with Gasteiger partial charge in [-0.1, -0.05) is 0 Å². The van der Waals surface area contributed by atoms with Crippen molar-refractivity contribution in [2.75, 3.05) is 37.1 Å². The molecule has 0 saturated carbocycles. The lowest BCUT2D eigenvalue weighted by atomic mass is 10.1. The molecule has 0 bridgehead atoms. The normalized spacial score (nSPS) is 11.0. The average molecular weight is 400 g/mol. The number of methoxy groups -OCH3 is 2. The van der Waals surface area contributed by atoms with Gasteiger partial charge in [-0.05, 0) is 18.2 Å². The van der Waals surface area contributed by atoms with Crippen LogP contribution in [-0.4, -0.2) is 41.8 Å². The lowest BCUT2D eigenvalue weighted by Crippen LogP contribution is -2.28. The Bertz CT molecular complexity index is 980. The van der Waals surface area contributed by atoms with E-state index in [9.17, 15) is 22.0 Å². The molecule has 0 atom stereocenters. The number of nitrogens with zero attached hydrogens (tertiary/aromatic N) is 1. The molecule has 0 radical (unpaired) electrons. The van der Waals surface area contributed by atoms with E-state index < -0.39 is 27.6 Å². The SMILES string of the molecule is COc1cc(C(=O)Nc2ccc(F)c(F)c2)c(N(C)S(C)(=O)=O)cc1OC. The van der Waals surface area contributed by atoms with Crippen LogP contribution in [0.25, 0.3) is 0 Å². The van der Waals surface area contributed by atoms with Gasteiger partial charge in [0.05, 0.1) is 31.7 Å². The number of carbonyl (C=O) groups is 1. The summed E-state index contributed by atoms with van der Waals surface area (Å²) in [6, 6.07) is 5.49. The summed E-state index contributed by atoms with van der Waals surface area (Å²) in [5.41, 5.74) is -0.0396. The van der Waals surface area contributed by atoms with Gasteiger partial charge in [0.25, 0.3) is 5.91 Å². The lowest BCUT2D eigenvalue weighted by molar-refractivity contribution is 0.102. The highest BCUT2D eigenvalue weighted by Crippen LogP contribution is 2.36. The van der Waals surface area contributed by atoms with E-state index in [1.807, 2.05) is 0 Å². The molecule has 0 aliphatic heterocycles. The van der Waals surface area contributed by atoms with Crippen molar-refractivity contribution in [3.05, 3.63) is 47.5 Å². The van der Waals surface area contributed by atoms with E-state index in [2.05, 4.69) is 5.32 Å². The summed E-state index contributed by atoms with van der Waals surface area (Å²) < 4.78 is 61.5. The summed E-state index contributed by atoms with van der Waals surface area (Å²) >= 11 is 0. The van der Waals surface area contributed by atoms with Crippen LogP contribution in [-0.2, 0) is 10.0 Å². The third kappa shape index (κ3) is 4.45. The second kappa shape index (κ2) is 7.78. The average Bonchev–Trinajstić information content (AvgIpc) is 2.62. The van der Waals surface area contributed by atoms with E-state index in [1.54, 1.807) is 0 Å². The number of nitrogens with one attached hydrogen (secondary N) is 1. The largest absolute Gasteiger partial charge is 0.493 e. The Labute approximate surface area is 155 Å². The molecule has 2 aromatic rings. The standard InChI is InChI=1S/C17H18F2N2O5S/c1-21(27(4,23)24)14-9-16(26-3)15(25-2)8-11(14)17(22)20-10-5-6-12(18)13(19)7-10/h5-9H,1-4H3,(H,20,22). The first-order valence-corrected chi connectivity index (χ1v) is 9.39. The van der Waals surface area contributed by atoms with Crippen molar-refractivity contribution in [3.63, 3.8) is 0 Å². The van der Waals surface area contributed by atoms with Crippen LogP contribution in [0, 0.1) is 11.6 Å². The Morgan fingerprint density at radius 1 is 1.04 bits per heavy atom. The third-order valence-corrected chi connectivity index (χ3v) is 4.95. The van der Waals surface area contributed by atoms with Crippen molar-refractivity contribution in [3.8, 4) is 11.5 Å². The van der Waals surface area contributed by atoms with Crippen LogP contribution in [0.5, 0.6) is 11.5 Å². The molecule has 0 fully saturated rings. The van der Waals surface area contributed by atoms with Crippen LogP contribution < -0.4 is 19.1 Å². The summed E-state index contributed by atoms with van der Waals surface area (Å²) in [6.45, 7) is 0. The van der Waals surface area contributed by atoms with Gasteiger partial charge in [-0.15, -0.1) is 0 Å². The maximum absolute atomic E-state index is 13.4. The zero-order valence-electron chi connectivity index (χ0n) is 15.0. The summed E-state index contributed by atoms with van der Waals surface area (Å²) in [5, 5.41) is 2.40. The maximum Gasteiger partial charge on any atom is 0.257 e. The summed E-state index contributed by atoms with van der Waals surface area (Å²) in [7, 11) is 0.295. The topological polar surface area (TPSA) is 84.9 Å². The zero-order chi connectivity index (χ0) is 20.4. The lowest BCUT2D eigenvalue weighted by Gasteiger charge is -2.22. The zero-order valence-corrected chi connectivity index (χ0v) is 15.9. The van der Waals surface area contributed by atoms with Gasteiger partial charge < -0.3 is 14.8 Å². The van der Waals surface area contributed by atoms with Gasteiger partial charge in [0, 0.05) is 24.9 Å².